The number of fused-ring (bicyclic) bond motifs is 2. The van der Waals surface area contributed by atoms with Gasteiger partial charge in [-0.3, -0.25) is 4.79 Å². The van der Waals surface area contributed by atoms with Crippen LogP contribution < -0.4 is 5.32 Å². The number of amides is 1. The Kier molecular flexibility index (Phi) is 3.93. The van der Waals surface area contributed by atoms with Crippen molar-refractivity contribution < 1.29 is 13.6 Å². The molecule has 2 fully saturated rings. The van der Waals surface area contributed by atoms with Gasteiger partial charge >= 0.3 is 0 Å². The summed E-state index contributed by atoms with van der Waals surface area (Å²) in [7, 11) is 1.79. The lowest BCUT2D eigenvalue weighted by Gasteiger charge is -2.35. The third-order valence-corrected chi connectivity index (χ3v) is 4.75. The molecular weight excluding hydrogens is 274 g/mol. The molecule has 2 aliphatic heterocycles. The van der Waals surface area contributed by atoms with E-state index in [0.29, 0.717) is 12.1 Å². The zero-order chi connectivity index (χ0) is 15.0. The van der Waals surface area contributed by atoms with Crippen molar-refractivity contribution in [2.45, 2.75) is 50.2 Å². The first-order valence-corrected chi connectivity index (χ1v) is 7.48. The van der Waals surface area contributed by atoms with Crippen LogP contribution in [0.25, 0.3) is 0 Å². The molecule has 0 aromatic heterocycles. The van der Waals surface area contributed by atoms with Gasteiger partial charge in [-0.05, 0) is 37.3 Å². The molecule has 0 spiro atoms. The van der Waals surface area contributed by atoms with Crippen LogP contribution in [0.3, 0.4) is 0 Å². The van der Waals surface area contributed by atoms with Crippen molar-refractivity contribution in [2.24, 2.45) is 0 Å². The van der Waals surface area contributed by atoms with Gasteiger partial charge in [0.2, 0.25) is 5.91 Å². The second-order valence-corrected chi connectivity index (χ2v) is 6.18. The van der Waals surface area contributed by atoms with Crippen molar-refractivity contribution in [2.75, 3.05) is 7.05 Å². The summed E-state index contributed by atoms with van der Waals surface area (Å²) in [6.45, 7) is 0. The summed E-state index contributed by atoms with van der Waals surface area (Å²) >= 11 is 0. The average Bonchev–Trinajstić information content (AvgIpc) is 2.79. The molecule has 2 unspecified atom stereocenters. The van der Waals surface area contributed by atoms with Gasteiger partial charge in [-0.15, -0.1) is 0 Å². The van der Waals surface area contributed by atoms with E-state index in [1.807, 2.05) is 0 Å². The van der Waals surface area contributed by atoms with Crippen molar-refractivity contribution in [3.8, 4) is 0 Å². The normalized spacial score (nSPS) is 27.7. The monoisotopic (exact) mass is 294 g/mol. The first-order valence-electron chi connectivity index (χ1n) is 7.48. The highest BCUT2D eigenvalue weighted by atomic mass is 19.1. The number of nitrogens with one attached hydrogen (secondary N) is 1. The topological polar surface area (TPSA) is 32.3 Å². The number of benzene rings is 1. The molecule has 1 N–H and O–H groups in total. The molecule has 0 saturated carbocycles. The van der Waals surface area contributed by atoms with E-state index in [1.54, 1.807) is 11.9 Å². The quantitative estimate of drug-likeness (QED) is 0.927. The number of carbonyl (C=O) groups is 1. The lowest BCUT2D eigenvalue weighted by molar-refractivity contribution is -0.132. The zero-order valence-corrected chi connectivity index (χ0v) is 12.1. The molecule has 2 heterocycles. The predicted molar refractivity (Wildman–Crippen MR) is 75.8 cm³/mol. The molecule has 2 aliphatic rings. The van der Waals surface area contributed by atoms with Crippen LogP contribution in [-0.4, -0.2) is 36.0 Å². The molecular formula is C16H20F2N2O. The van der Waals surface area contributed by atoms with E-state index in [0.717, 1.165) is 18.9 Å². The van der Waals surface area contributed by atoms with Gasteiger partial charge in [0, 0.05) is 31.2 Å². The summed E-state index contributed by atoms with van der Waals surface area (Å²) in [5.41, 5.74) is 0.255. The number of hydrogen-bond acceptors (Lipinski definition) is 2. The zero-order valence-electron chi connectivity index (χ0n) is 12.1. The van der Waals surface area contributed by atoms with Crippen molar-refractivity contribution in [1.29, 1.82) is 0 Å². The minimum Gasteiger partial charge on any atom is -0.342 e. The highest BCUT2D eigenvalue weighted by molar-refractivity contribution is 5.78. The highest BCUT2D eigenvalue weighted by Gasteiger charge is 2.36. The molecule has 2 atom stereocenters. The van der Waals surface area contributed by atoms with Crippen LogP contribution in [-0.2, 0) is 11.2 Å². The van der Waals surface area contributed by atoms with Crippen molar-refractivity contribution in [1.82, 2.24) is 10.2 Å². The Labute approximate surface area is 123 Å². The maximum absolute atomic E-state index is 13.6. The molecule has 0 radical (unpaired) electrons. The van der Waals surface area contributed by atoms with Gasteiger partial charge in [-0.25, -0.2) is 8.78 Å². The van der Waals surface area contributed by atoms with Gasteiger partial charge in [0.1, 0.15) is 11.6 Å². The Bertz CT molecular complexity index is 537. The Morgan fingerprint density at radius 3 is 2.57 bits per heavy atom. The Hall–Kier alpha value is -1.49. The fourth-order valence-electron chi connectivity index (χ4n) is 3.50. The van der Waals surface area contributed by atoms with Crippen LogP contribution in [0.1, 0.15) is 31.2 Å². The molecule has 114 valence electrons. The van der Waals surface area contributed by atoms with E-state index in [2.05, 4.69) is 5.32 Å². The predicted octanol–water partition coefficient (Wildman–Crippen LogP) is 2.25. The van der Waals surface area contributed by atoms with Crippen LogP contribution in [0.2, 0.25) is 0 Å². The second kappa shape index (κ2) is 5.72. The largest absolute Gasteiger partial charge is 0.342 e. The van der Waals surface area contributed by atoms with Crippen LogP contribution >= 0.6 is 0 Å². The molecule has 1 aromatic rings. The summed E-state index contributed by atoms with van der Waals surface area (Å²) in [5, 5.41) is 3.54. The summed E-state index contributed by atoms with van der Waals surface area (Å²) in [6.07, 6.45) is 4.27. The van der Waals surface area contributed by atoms with Gasteiger partial charge in [0.15, 0.2) is 0 Å². The standard InChI is InChI=1S/C16H20F2N2O/c1-20(14-8-12-4-5-13(9-14)19-12)16(21)6-10-2-3-11(17)7-15(10)18/h2-3,7,12-14,19H,4-6,8-9H2,1H3. The van der Waals surface area contributed by atoms with E-state index in [4.69, 9.17) is 0 Å². The fraction of sp³-hybridized carbons (Fsp3) is 0.562. The van der Waals surface area contributed by atoms with E-state index in [-0.39, 0.29) is 23.9 Å². The van der Waals surface area contributed by atoms with Crippen molar-refractivity contribution >= 4 is 5.91 Å². The molecule has 3 rings (SSSR count). The first kappa shape index (κ1) is 14.4. The number of piperidine rings is 1. The molecule has 1 aromatic carbocycles. The second-order valence-electron chi connectivity index (χ2n) is 6.18. The SMILES string of the molecule is CN(C(=O)Cc1ccc(F)cc1F)C1CC2CCC(C1)N2. The van der Waals surface area contributed by atoms with Gasteiger partial charge in [-0.1, -0.05) is 6.07 Å². The molecule has 2 bridgehead atoms. The molecule has 21 heavy (non-hydrogen) atoms. The maximum Gasteiger partial charge on any atom is 0.227 e. The fourth-order valence-corrected chi connectivity index (χ4v) is 3.50. The lowest BCUT2D eigenvalue weighted by Crippen LogP contribution is -2.49. The average molecular weight is 294 g/mol. The summed E-state index contributed by atoms with van der Waals surface area (Å²) in [5.74, 6) is -1.37. The Balaban J connectivity index is 1.64. The number of rotatable bonds is 3. The lowest BCUT2D eigenvalue weighted by atomic mass is 9.98. The van der Waals surface area contributed by atoms with Crippen molar-refractivity contribution in [3.63, 3.8) is 0 Å². The van der Waals surface area contributed by atoms with Crippen molar-refractivity contribution in [3.05, 3.63) is 35.4 Å². The van der Waals surface area contributed by atoms with Gasteiger partial charge in [0.25, 0.3) is 0 Å². The third-order valence-electron chi connectivity index (χ3n) is 4.75. The number of nitrogens with zero attached hydrogens (tertiary/aromatic N) is 1. The van der Waals surface area contributed by atoms with Crippen LogP contribution in [0.15, 0.2) is 18.2 Å². The van der Waals surface area contributed by atoms with Crippen LogP contribution in [0.4, 0.5) is 8.78 Å². The number of carbonyl (C=O) groups excluding carboxylic acids is 1. The van der Waals surface area contributed by atoms with E-state index in [1.165, 1.54) is 25.0 Å². The number of hydrogen-bond donors (Lipinski definition) is 1. The smallest absolute Gasteiger partial charge is 0.227 e. The Morgan fingerprint density at radius 2 is 1.95 bits per heavy atom. The molecule has 1 amide bonds. The highest BCUT2D eigenvalue weighted by Crippen LogP contribution is 2.29. The Morgan fingerprint density at radius 1 is 1.29 bits per heavy atom. The van der Waals surface area contributed by atoms with Gasteiger partial charge < -0.3 is 10.2 Å². The third kappa shape index (κ3) is 3.07. The minimum absolute atomic E-state index is 0.0120. The van der Waals surface area contributed by atoms with E-state index < -0.39 is 11.6 Å². The van der Waals surface area contributed by atoms with E-state index >= 15 is 0 Å². The minimum atomic E-state index is -0.651. The summed E-state index contributed by atoms with van der Waals surface area (Å²) in [4.78, 5) is 14.1. The van der Waals surface area contributed by atoms with Crippen LogP contribution in [0.5, 0.6) is 0 Å². The first-order chi connectivity index (χ1) is 10.0. The van der Waals surface area contributed by atoms with E-state index in [9.17, 15) is 13.6 Å². The molecule has 5 heteroatoms. The molecule has 3 nitrogen and oxygen atoms in total. The number of halogens is 2. The van der Waals surface area contributed by atoms with Gasteiger partial charge in [-0.2, -0.15) is 0 Å². The maximum atomic E-state index is 13.6. The summed E-state index contributed by atoms with van der Waals surface area (Å²) < 4.78 is 26.5. The van der Waals surface area contributed by atoms with Crippen LogP contribution in [0, 0.1) is 11.6 Å². The number of likely N-dealkylation sites (N-methyl/N-ethyl adjacent to an activating group) is 1. The molecule has 0 aliphatic carbocycles. The molecule has 2 saturated heterocycles. The van der Waals surface area contributed by atoms with Gasteiger partial charge in [0.05, 0.1) is 6.42 Å². The summed E-state index contributed by atoms with van der Waals surface area (Å²) in [6, 6.07) is 4.60.